The van der Waals surface area contributed by atoms with Gasteiger partial charge >= 0.3 is 12.1 Å². The van der Waals surface area contributed by atoms with Crippen molar-refractivity contribution in [2.24, 2.45) is 0 Å². The Bertz CT molecular complexity index is 1410. The lowest BCUT2D eigenvalue weighted by Crippen LogP contribution is -2.26. The Morgan fingerprint density at radius 1 is 0.886 bits per heavy atom. The van der Waals surface area contributed by atoms with Gasteiger partial charge in [-0.1, -0.05) is 72.5 Å². The van der Waals surface area contributed by atoms with Crippen molar-refractivity contribution in [1.82, 2.24) is 5.32 Å². The summed E-state index contributed by atoms with van der Waals surface area (Å²) in [7, 11) is 0. The van der Waals surface area contributed by atoms with Crippen LogP contribution in [-0.2, 0) is 4.74 Å². The molecule has 1 aliphatic carbocycles. The quantitative estimate of drug-likeness (QED) is 0.380. The van der Waals surface area contributed by atoms with Gasteiger partial charge in [-0.25, -0.2) is 9.59 Å². The van der Waals surface area contributed by atoms with Crippen LogP contribution in [0.4, 0.5) is 4.79 Å². The Hall–Kier alpha value is -4.76. The molecule has 5 rings (SSSR count). The van der Waals surface area contributed by atoms with Gasteiger partial charge in [-0.2, -0.15) is 0 Å². The van der Waals surface area contributed by atoms with E-state index in [2.05, 4.69) is 41.4 Å². The molecule has 1 aliphatic rings. The molecule has 0 aliphatic heterocycles. The van der Waals surface area contributed by atoms with Crippen LogP contribution in [0, 0.1) is 11.8 Å². The number of amides is 1. The maximum absolute atomic E-state index is 12.2. The Kier molecular flexibility index (Phi) is 6.06. The molecule has 0 spiro atoms. The number of fused-ring (bicyclic) bond motifs is 3. The van der Waals surface area contributed by atoms with Crippen molar-refractivity contribution in [3.05, 3.63) is 107 Å². The van der Waals surface area contributed by atoms with Crippen molar-refractivity contribution in [3.63, 3.8) is 0 Å². The van der Waals surface area contributed by atoms with Crippen LogP contribution in [-0.4, -0.2) is 30.3 Å². The first kappa shape index (κ1) is 22.1. The minimum Gasteiger partial charge on any atom is -0.475 e. The molecule has 6 heteroatoms. The molecule has 1 heterocycles. The zero-order valence-electron chi connectivity index (χ0n) is 18.7. The normalized spacial score (nSPS) is 11.7. The monoisotopic (exact) mass is 463 g/mol. The van der Waals surface area contributed by atoms with Crippen LogP contribution in [0.2, 0.25) is 0 Å². The van der Waals surface area contributed by atoms with Crippen molar-refractivity contribution in [2.75, 3.05) is 13.2 Å². The van der Waals surface area contributed by atoms with E-state index in [0.29, 0.717) is 5.76 Å². The van der Waals surface area contributed by atoms with E-state index < -0.39 is 12.1 Å². The zero-order valence-corrected chi connectivity index (χ0v) is 18.7. The Morgan fingerprint density at radius 3 is 2.17 bits per heavy atom. The molecule has 0 saturated carbocycles. The highest BCUT2D eigenvalue weighted by atomic mass is 16.5. The molecular weight excluding hydrogens is 442 g/mol. The molecule has 0 radical (unpaired) electrons. The maximum atomic E-state index is 12.2. The average Bonchev–Trinajstić information content (AvgIpc) is 3.50. The van der Waals surface area contributed by atoms with E-state index in [0.717, 1.165) is 11.1 Å². The summed E-state index contributed by atoms with van der Waals surface area (Å²) in [4.78, 5) is 23.2. The molecular formula is C29H21NO5. The number of aromatic carboxylic acids is 1. The predicted octanol–water partition coefficient (Wildman–Crippen LogP) is 5.54. The number of carbonyl (C=O) groups is 2. The van der Waals surface area contributed by atoms with Crippen LogP contribution in [0.1, 0.15) is 33.2 Å². The topological polar surface area (TPSA) is 88.8 Å². The fourth-order valence-corrected chi connectivity index (χ4v) is 4.24. The van der Waals surface area contributed by atoms with Gasteiger partial charge in [0.25, 0.3) is 0 Å². The predicted molar refractivity (Wildman–Crippen MR) is 131 cm³/mol. The number of carboxylic acids is 1. The highest BCUT2D eigenvalue weighted by Gasteiger charge is 2.28. The van der Waals surface area contributed by atoms with Crippen LogP contribution < -0.4 is 5.32 Å². The van der Waals surface area contributed by atoms with Gasteiger partial charge in [0, 0.05) is 17.0 Å². The SMILES string of the molecule is O=C(NCC#Cc1ccc(-c2ccc(C(=O)O)o2)cc1)OCC1c2ccccc2-c2ccccc21. The Morgan fingerprint density at radius 2 is 1.54 bits per heavy atom. The number of hydrogen-bond donors (Lipinski definition) is 2. The van der Waals surface area contributed by atoms with Crippen molar-refractivity contribution in [2.45, 2.75) is 5.92 Å². The molecule has 2 N–H and O–H groups in total. The summed E-state index contributed by atoms with van der Waals surface area (Å²) in [5.74, 6) is 5.15. The number of furan rings is 1. The van der Waals surface area contributed by atoms with Gasteiger partial charge in [0.05, 0.1) is 6.54 Å². The molecule has 0 atom stereocenters. The second kappa shape index (κ2) is 9.62. The average molecular weight is 463 g/mol. The maximum Gasteiger partial charge on any atom is 0.407 e. The molecule has 35 heavy (non-hydrogen) atoms. The molecule has 4 aromatic rings. The third-order valence-electron chi connectivity index (χ3n) is 5.88. The number of hydrogen-bond acceptors (Lipinski definition) is 4. The van der Waals surface area contributed by atoms with Gasteiger partial charge in [-0.05, 0) is 46.5 Å². The van der Waals surface area contributed by atoms with Crippen LogP contribution >= 0.6 is 0 Å². The standard InChI is InChI=1S/C29H21NO5/c31-28(32)27-16-15-26(35-27)20-13-11-19(12-14-20)6-5-17-30-29(33)34-18-25-23-9-3-1-7-21(23)22-8-2-4-10-24(22)25/h1-4,7-16,25H,17-18H2,(H,30,33)(H,31,32). The van der Waals surface area contributed by atoms with Crippen molar-refractivity contribution in [1.29, 1.82) is 0 Å². The molecule has 6 nitrogen and oxygen atoms in total. The summed E-state index contributed by atoms with van der Waals surface area (Å²) >= 11 is 0. The first-order valence-corrected chi connectivity index (χ1v) is 11.1. The summed E-state index contributed by atoms with van der Waals surface area (Å²) in [6.07, 6.45) is -0.511. The molecule has 0 saturated heterocycles. The third kappa shape index (κ3) is 4.66. The molecule has 0 bridgehead atoms. The minimum atomic E-state index is -1.11. The van der Waals surface area contributed by atoms with Crippen LogP contribution in [0.25, 0.3) is 22.5 Å². The lowest BCUT2D eigenvalue weighted by atomic mass is 9.98. The number of ether oxygens (including phenoxy) is 1. The fraction of sp³-hybridized carbons (Fsp3) is 0.103. The van der Waals surface area contributed by atoms with Gasteiger partial charge < -0.3 is 19.6 Å². The summed E-state index contributed by atoms with van der Waals surface area (Å²) in [5, 5.41) is 11.6. The lowest BCUT2D eigenvalue weighted by Gasteiger charge is -2.14. The van der Waals surface area contributed by atoms with E-state index >= 15 is 0 Å². The van der Waals surface area contributed by atoms with Gasteiger partial charge in [0.2, 0.25) is 5.76 Å². The van der Waals surface area contributed by atoms with Gasteiger partial charge in [0.1, 0.15) is 12.4 Å². The van der Waals surface area contributed by atoms with E-state index in [-0.39, 0.29) is 24.8 Å². The first-order chi connectivity index (χ1) is 17.1. The molecule has 0 unspecified atom stereocenters. The van der Waals surface area contributed by atoms with E-state index in [4.69, 9.17) is 14.3 Å². The molecule has 0 fully saturated rings. The number of carbonyl (C=O) groups excluding carboxylic acids is 1. The van der Waals surface area contributed by atoms with Crippen LogP contribution in [0.5, 0.6) is 0 Å². The number of carboxylic acid groups (broad SMARTS) is 1. The summed E-state index contributed by atoms with van der Waals surface area (Å²) in [6, 6.07) is 26.6. The number of rotatable bonds is 5. The van der Waals surface area contributed by atoms with Gasteiger partial charge in [-0.15, -0.1) is 0 Å². The zero-order chi connectivity index (χ0) is 24.2. The number of nitrogens with one attached hydrogen (secondary N) is 1. The second-order valence-corrected chi connectivity index (χ2v) is 8.03. The van der Waals surface area contributed by atoms with Crippen molar-refractivity contribution >= 4 is 12.1 Å². The summed E-state index contributed by atoms with van der Waals surface area (Å²) in [6.45, 7) is 0.406. The number of alkyl carbamates (subject to hydrolysis) is 1. The molecule has 1 amide bonds. The largest absolute Gasteiger partial charge is 0.475 e. The number of benzene rings is 3. The lowest BCUT2D eigenvalue weighted by molar-refractivity contribution is 0.0663. The van der Waals surface area contributed by atoms with Crippen molar-refractivity contribution < 1.29 is 23.8 Å². The smallest absolute Gasteiger partial charge is 0.407 e. The molecule has 3 aromatic carbocycles. The van der Waals surface area contributed by atoms with E-state index in [9.17, 15) is 9.59 Å². The summed E-state index contributed by atoms with van der Waals surface area (Å²) in [5.41, 5.74) is 6.21. The Labute approximate surface area is 202 Å². The van der Waals surface area contributed by atoms with E-state index in [1.807, 2.05) is 24.3 Å². The van der Waals surface area contributed by atoms with E-state index in [1.165, 1.54) is 28.3 Å². The second-order valence-electron chi connectivity index (χ2n) is 8.03. The van der Waals surface area contributed by atoms with E-state index in [1.54, 1.807) is 30.3 Å². The highest BCUT2D eigenvalue weighted by molar-refractivity contribution is 5.85. The molecule has 1 aromatic heterocycles. The Balaban J connectivity index is 1.14. The van der Waals surface area contributed by atoms with Crippen molar-refractivity contribution in [3.8, 4) is 34.3 Å². The van der Waals surface area contributed by atoms with Gasteiger partial charge in [0.15, 0.2) is 0 Å². The third-order valence-corrected chi connectivity index (χ3v) is 5.88. The van der Waals surface area contributed by atoms with Crippen LogP contribution in [0.15, 0.2) is 89.3 Å². The fourth-order valence-electron chi connectivity index (χ4n) is 4.24. The highest BCUT2D eigenvalue weighted by Crippen LogP contribution is 2.44. The summed E-state index contributed by atoms with van der Waals surface area (Å²) < 4.78 is 10.8. The minimum absolute atomic E-state index is 0.0125. The first-order valence-electron chi connectivity index (χ1n) is 11.1. The molecule has 172 valence electrons. The van der Waals surface area contributed by atoms with Gasteiger partial charge in [-0.3, -0.25) is 0 Å². The van der Waals surface area contributed by atoms with Crippen LogP contribution in [0.3, 0.4) is 0 Å².